The molecule has 0 bridgehead atoms. The van der Waals surface area contributed by atoms with Crippen LogP contribution in [0.3, 0.4) is 0 Å². The summed E-state index contributed by atoms with van der Waals surface area (Å²) in [7, 11) is 0. The topological polar surface area (TPSA) is 4.93 Å². The Morgan fingerprint density at radius 2 is 2.11 bits per heavy atom. The van der Waals surface area contributed by atoms with Crippen molar-refractivity contribution in [2.45, 2.75) is 33.2 Å². The lowest BCUT2D eigenvalue weighted by Crippen LogP contribution is -1.88. The van der Waals surface area contributed by atoms with Crippen LogP contribution in [0.2, 0.25) is 0 Å². The van der Waals surface area contributed by atoms with Crippen LogP contribution in [-0.4, -0.2) is 4.57 Å². The average molecular weight is 237 g/mol. The number of aromatic nitrogens is 1. The summed E-state index contributed by atoms with van der Waals surface area (Å²) in [4.78, 5) is 0. The second-order valence-corrected chi connectivity index (χ2v) is 5.11. The Morgan fingerprint density at radius 3 is 2.89 bits per heavy atom. The van der Waals surface area contributed by atoms with Gasteiger partial charge in [-0.3, -0.25) is 0 Å². The van der Waals surface area contributed by atoms with Crippen LogP contribution in [-0.2, 0) is 13.0 Å². The Kier molecular flexibility index (Phi) is 2.83. The number of benzene rings is 1. The summed E-state index contributed by atoms with van der Waals surface area (Å²) in [6.07, 6.45) is 9.13. The molecule has 0 saturated heterocycles. The molecule has 2 aromatic rings. The molecule has 0 unspecified atom stereocenters. The van der Waals surface area contributed by atoms with Gasteiger partial charge in [0.2, 0.25) is 0 Å². The molecule has 3 rings (SSSR count). The molecule has 1 aliphatic heterocycles. The van der Waals surface area contributed by atoms with Gasteiger partial charge in [0.05, 0.1) is 0 Å². The van der Waals surface area contributed by atoms with Gasteiger partial charge in [-0.2, -0.15) is 0 Å². The van der Waals surface area contributed by atoms with E-state index < -0.39 is 0 Å². The third-order valence-corrected chi connectivity index (χ3v) is 3.68. The summed E-state index contributed by atoms with van der Waals surface area (Å²) >= 11 is 0. The van der Waals surface area contributed by atoms with Crippen LogP contribution in [0.4, 0.5) is 0 Å². The van der Waals surface area contributed by atoms with Crippen molar-refractivity contribution in [1.82, 2.24) is 4.57 Å². The highest BCUT2D eigenvalue weighted by Crippen LogP contribution is 2.30. The average Bonchev–Trinajstić information content (AvgIpc) is 2.92. The van der Waals surface area contributed by atoms with Gasteiger partial charge in [0.15, 0.2) is 0 Å². The van der Waals surface area contributed by atoms with Crippen molar-refractivity contribution >= 4 is 6.08 Å². The van der Waals surface area contributed by atoms with E-state index in [1.807, 2.05) is 0 Å². The molecule has 0 N–H and O–H groups in total. The van der Waals surface area contributed by atoms with Crippen molar-refractivity contribution < 1.29 is 0 Å². The summed E-state index contributed by atoms with van der Waals surface area (Å²) in [5, 5.41) is 0. The molecule has 0 radical (unpaired) electrons. The molecule has 0 aliphatic carbocycles. The van der Waals surface area contributed by atoms with Crippen LogP contribution in [0.5, 0.6) is 0 Å². The first kappa shape index (κ1) is 11.3. The van der Waals surface area contributed by atoms with Gasteiger partial charge in [-0.15, -0.1) is 0 Å². The highest BCUT2D eigenvalue weighted by molar-refractivity contribution is 5.76. The molecule has 1 aliphatic rings. The van der Waals surface area contributed by atoms with E-state index in [1.54, 1.807) is 0 Å². The van der Waals surface area contributed by atoms with Gasteiger partial charge < -0.3 is 4.57 Å². The van der Waals surface area contributed by atoms with E-state index in [0.717, 1.165) is 0 Å². The number of hydrogen-bond donors (Lipinski definition) is 0. The van der Waals surface area contributed by atoms with Gasteiger partial charge >= 0.3 is 0 Å². The lowest BCUT2D eigenvalue weighted by Gasteiger charge is -2.06. The molecule has 0 fully saturated rings. The molecule has 1 aromatic carbocycles. The minimum atomic E-state index is 1.18. The van der Waals surface area contributed by atoms with Crippen molar-refractivity contribution in [2.24, 2.45) is 0 Å². The third-order valence-electron chi connectivity index (χ3n) is 3.68. The monoisotopic (exact) mass is 237 g/mol. The van der Waals surface area contributed by atoms with Crippen LogP contribution < -0.4 is 0 Å². The molecule has 92 valence electrons. The molecular formula is C17H19N. The van der Waals surface area contributed by atoms with Crippen LogP contribution in [0.1, 0.15) is 30.2 Å². The second kappa shape index (κ2) is 4.49. The highest BCUT2D eigenvalue weighted by Gasteiger charge is 2.14. The first-order valence-corrected chi connectivity index (χ1v) is 6.71. The van der Waals surface area contributed by atoms with Crippen LogP contribution in [0.25, 0.3) is 17.2 Å². The van der Waals surface area contributed by atoms with Gasteiger partial charge in [-0.25, -0.2) is 0 Å². The molecule has 0 spiro atoms. The third kappa shape index (κ3) is 1.90. The number of aryl methyl sites for hydroxylation is 3. The first-order chi connectivity index (χ1) is 8.78. The van der Waals surface area contributed by atoms with Crippen molar-refractivity contribution in [3.8, 4) is 11.1 Å². The smallest absolute Gasteiger partial charge is 0.0226 e. The molecule has 0 amide bonds. The zero-order valence-corrected chi connectivity index (χ0v) is 11.1. The first-order valence-electron chi connectivity index (χ1n) is 6.71. The summed E-state index contributed by atoms with van der Waals surface area (Å²) in [6.45, 7) is 5.41. The van der Waals surface area contributed by atoms with E-state index in [9.17, 15) is 0 Å². The predicted octanol–water partition coefficient (Wildman–Crippen LogP) is 4.44. The Morgan fingerprint density at radius 1 is 1.22 bits per heavy atom. The van der Waals surface area contributed by atoms with Gasteiger partial charge in [0.25, 0.3) is 0 Å². The Hall–Kier alpha value is -1.76. The molecule has 2 heterocycles. The molecule has 18 heavy (non-hydrogen) atoms. The lowest BCUT2D eigenvalue weighted by molar-refractivity contribution is 0.751. The zero-order chi connectivity index (χ0) is 12.5. The summed E-state index contributed by atoms with van der Waals surface area (Å²) in [5.74, 6) is 0. The molecule has 0 saturated carbocycles. The van der Waals surface area contributed by atoms with E-state index in [-0.39, 0.29) is 0 Å². The van der Waals surface area contributed by atoms with Gasteiger partial charge in [0, 0.05) is 24.0 Å². The van der Waals surface area contributed by atoms with Crippen LogP contribution >= 0.6 is 0 Å². The Labute approximate surface area is 109 Å². The number of fused-ring (bicyclic) bond motifs is 1. The molecule has 0 atom stereocenters. The maximum atomic E-state index is 2.40. The standard InChI is InChI=1S/C17H19N/c1-3-5-14-8-7-13(2)10-17(14)15-11-16-6-4-9-18(16)12-15/h3,5,7-8,10-12H,4,6,9H2,1-2H3/b5-3-. The fourth-order valence-corrected chi connectivity index (χ4v) is 2.80. The quantitative estimate of drug-likeness (QED) is 0.727. The maximum Gasteiger partial charge on any atom is 0.0226 e. The van der Waals surface area contributed by atoms with Crippen molar-refractivity contribution in [3.63, 3.8) is 0 Å². The van der Waals surface area contributed by atoms with Crippen LogP contribution in [0.15, 0.2) is 36.5 Å². The largest absolute Gasteiger partial charge is 0.351 e. The molecule has 1 heteroatoms. The second-order valence-electron chi connectivity index (χ2n) is 5.11. The summed E-state index contributed by atoms with van der Waals surface area (Å²) in [6, 6.07) is 9.05. The van der Waals surface area contributed by atoms with Crippen molar-refractivity contribution in [1.29, 1.82) is 0 Å². The molecule has 1 nitrogen and oxygen atoms in total. The minimum absolute atomic E-state index is 1.18. The van der Waals surface area contributed by atoms with Gasteiger partial charge in [-0.1, -0.05) is 35.9 Å². The van der Waals surface area contributed by atoms with Gasteiger partial charge in [0.1, 0.15) is 0 Å². The van der Waals surface area contributed by atoms with E-state index in [4.69, 9.17) is 0 Å². The van der Waals surface area contributed by atoms with E-state index in [0.29, 0.717) is 0 Å². The Balaban J connectivity index is 2.11. The number of rotatable bonds is 2. The summed E-state index contributed by atoms with van der Waals surface area (Å²) < 4.78 is 2.40. The van der Waals surface area contributed by atoms with Crippen molar-refractivity contribution in [2.75, 3.05) is 0 Å². The zero-order valence-electron chi connectivity index (χ0n) is 11.1. The SMILES string of the molecule is C/C=C\c1ccc(C)cc1-c1cc2n(c1)CCC2. The normalized spacial score (nSPS) is 14.3. The maximum absolute atomic E-state index is 2.40. The van der Waals surface area contributed by atoms with E-state index in [1.165, 1.54) is 47.3 Å². The number of hydrogen-bond acceptors (Lipinski definition) is 0. The fraction of sp³-hybridized carbons (Fsp3) is 0.294. The Bertz CT molecular complexity index is 581. The number of allylic oxidation sites excluding steroid dienone is 1. The predicted molar refractivity (Wildman–Crippen MR) is 77.6 cm³/mol. The fourth-order valence-electron chi connectivity index (χ4n) is 2.80. The van der Waals surface area contributed by atoms with Crippen LogP contribution in [0, 0.1) is 6.92 Å². The lowest BCUT2D eigenvalue weighted by atomic mass is 9.99. The van der Waals surface area contributed by atoms with Crippen molar-refractivity contribution in [3.05, 3.63) is 53.4 Å². The minimum Gasteiger partial charge on any atom is -0.351 e. The van der Waals surface area contributed by atoms with Gasteiger partial charge in [-0.05, 0) is 43.9 Å². The molecule has 1 aromatic heterocycles. The summed E-state index contributed by atoms with van der Waals surface area (Å²) in [5.41, 5.74) is 6.84. The van der Waals surface area contributed by atoms with E-state index >= 15 is 0 Å². The highest BCUT2D eigenvalue weighted by atomic mass is 15.0. The van der Waals surface area contributed by atoms with E-state index in [2.05, 4.69) is 61.0 Å². The molecular weight excluding hydrogens is 218 g/mol. The number of nitrogens with zero attached hydrogens (tertiary/aromatic N) is 1.